The zero-order chi connectivity index (χ0) is 31.9. The Balaban J connectivity index is 2.12. The second-order valence-electron chi connectivity index (χ2n) is 10.8. The molecule has 0 radical (unpaired) electrons. The van der Waals surface area contributed by atoms with Crippen molar-refractivity contribution in [3.8, 4) is 11.5 Å². The first-order chi connectivity index (χ1) is 20.5. The smallest absolute Gasteiger partial charge is 0.326 e. The molecule has 0 aliphatic carbocycles. The number of nitrogens with zero attached hydrogens (tertiary/aromatic N) is 1. The number of carbonyl (C=O) groups excluding carboxylic acids is 3. The van der Waals surface area contributed by atoms with Gasteiger partial charge in [0.15, 0.2) is 11.5 Å². The van der Waals surface area contributed by atoms with Gasteiger partial charge in [0, 0.05) is 36.8 Å². The number of likely N-dealkylation sites (tertiary alicyclic amines) is 1. The van der Waals surface area contributed by atoms with Crippen LogP contribution in [0.1, 0.15) is 76.7 Å². The maximum absolute atomic E-state index is 13.5. The number of Topliss-reactive ketones (excluding diaryl/α,β-unsaturated/α-hetero) is 1. The lowest BCUT2D eigenvalue weighted by atomic mass is 10.0. The monoisotopic (exact) mass is 623 g/mol. The summed E-state index contributed by atoms with van der Waals surface area (Å²) in [4.78, 5) is 63.3. The molecule has 1 saturated heterocycles. The molecule has 0 bridgehead atoms. The first-order valence-electron chi connectivity index (χ1n) is 14.8. The van der Waals surface area contributed by atoms with Crippen LogP contribution in [-0.4, -0.2) is 92.5 Å². The number of aryl methyl sites for hydroxylation is 1. The summed E-state index contributed by atoms with van der Waals surface area (Å²) in [5, 5.41) is 30.9. The molecule has 0 saturated carbocycles. The molecule has 1 aliphatic heterocycles. The van der Waals surface area contributed by atoms with Crippen molar-refractivity contribution in [2.45, 2.75) is 101 Å². The van der Waals surface area contributed by atoms with Crippen molar-refractivity contribution in [2.75, 3.05) is 19.4 Å². The van der Waals surface area contributed by atoms with E-state index in [1.165, 1.54) is 29.8 Å². The summed E-state index contributed by atoms with van der Waals surface area (Å²) in [5.41, 5.74) is 6.74. The number of phenolic OH excluding ortho intramolecular Hbond substituents is 1. The molecule has 12 nitrogen and oxygen atoms in total. The Labute approximate surface area is 256 Å². The molecule has 4 atom stereocenters. The van der Waals surface area contributed by atoms with Gasteiger partial charge in [-0.2, -0.15) is 11.8 Å². The van der Waals surface area contributed by atoms with E-state index in [1.54, 1.807) is 12.1 Å². The van der Waals surface area contributed by atoms with Crippen molar-refractivity contribution in [3.05, 3.63) is 23.8 Å². The molecule has 1 heterocycles. The number of hydrogen-bond acceptors (Lipinski definition) is 9. The van der Waals surface area contributed by atoms with Crippen molar-refractivity contribution in [3.63, 3.8) is 0 Å². The molecule has 1 aromatic rings. The van der Waals surface area contributed by atoms with E-state index in [1.807, 2.05) is 0 Å². The van der Waals surface area contributed by atoms with Gasteiger partial charge in [-0.25, -0.2) is 4.79 Å². The number of carboxylic acid groups (broad SMARTS) is 2. The highest BCUT2D eigenvalue weighted by atomic mass is 32.2. The summed E-state index contributed by atoms with van der Waals surface area (Å²) in [7, 11) is 1.46. The summed E-state index contributed by atoms with van der Waals surface area (Å²) in [6, 6.07) is 1.74. The lowest BCUT2D eigenvalue weighted by Crippen LogP contribution is -2.55. The van der Waals surface area contributed by atoms with Gasteiger partial charge in [0.25, 0.3) is 0 Å². The number of aromatic hydroxyl groups is 1. The molecule has 240 valence electrons. The van der Waals surface area contributed by atoms with E-state index in [-0.39, 0.29) is 54.8 Å². The van der Waals surface area contributed by atoms with E-state index >= 15 is 0 Å². The fourth-order valence-corrected chi connectivity index (χ4v) is 6.29. The molecule has 1 fully saturated rings. The minimum absolute atomic E-state index is 0.0209. The molecular formula is C30H45N3O9S. The van der Waals surface area contributed by atoms with Crippen LogP contribution in [0.4, 0.5) is 0 Å². The fraction of sp³-hybridized carbons (Fsp3) is 0.633. The highest BCUT2D eigenvalue weighted by molar-refractivity contribution is 8.00. The van der Waals surface area contributed by atoms with Crippen LogP contribution >= 0.6 is 11.8 Å². The number of phenols is 1. The van der Waals surface area contributed by atoms with E-state index in [4.69, 9.17) is 15.6 Å². The molecule has 43 heavy (non-hydrogen) atoms. The van der Waals surface area contributed by atoms with Crippen molar-refractivity contribution < 1.29 is 44.0 Å². The van der Waals surface area contributed by atoms with Gasteiger partial charge in [-0.15, -0.1) is 0 Å². The molecule has 0 spiro atoms. The predicted molar refractivity (Wildman–Crippen MR) is 162 cm³/mol. The van der Waals surface area contributed by atoms with Crippen LogP contribution in [0.3, 0.4) is 0 Å². The summed E-state index contributed by atoms with van der Waals surface area (Å²) < 4.78 is 5.14. The van der Waals surface area contributed by atoms with E-state index < -0.39 is 41.9 Å². The number of thioether (sulfide) groups is 1. The van der Waals surface area contributed by atoms with Crippen LogP contribution in [0, 0.1) is 0 Å². The summed E-state index contributed by atoms with van der Waals surface area (Å²) in [6.45, 7) is 2.32. The van der Waals surface area contributed by atoms with Gasteiger partial charge in [-0.05, 0) is 49.8 Å². The van der Waals surface area contributed by atoms with Crippen molar-refractivity contribution >= 4 is 41.3 Å². The molecule has 0 aromatic heterocycles. The Morgan fingerprint density at radius 3 is 2.53 bits per heavy atom. The first-order valence-corrected chi connectivity index (χ1v) is 15.8. The Kier molecular flexibility index (Phi) is 15.3. The average molecular weight is 624 g/mol. The molecule has 13 heteroatoms. The van der Waals surface area contributed by atoms with E-state index in [0.717, 1.165) is 31.2 Å². The number of nitrogens with one attached hydrogen (secondary N) is 1. The molecule has 1 aromatic carbocycles. The van der Waals surface area contributed by atoms with Crippen LogP contribution in [0.2, 0.25) is 0 Å². The maximum atomic E-state index is 13.5. The number of ketones is 1. The van der Waals surface area contributed by atoms with Gasteiger partial charge < -0.3 is 36.0 Å². The Hall–Kier alpha value is -3.32. The SMILES string of the molecule is CCCCCC(CC(=O)CCc1ccc(O)c(OC)c1)SCC(NC(=O)C(N)CCC(=O)O)C(=O)N1CCCC1C(=O)O. The Morgan fingerprint density at radius 1 is 1.14 bits per heavy atom. The summed E-state index contributed by atoms with van der Waals surface area (Å²) >= 11 is 1.39. The molecule has 4 unspecified atom stereocenters. The summed E-state index contributed by atoms with van der Waals surface area (Å²) in [5.74, 6) is -2.93. The third-order valence-corrected chi connectivity index (χ3v) is 8.86. The van der Waals surface area contributed by atoms with Gasteiger partial charge in [-0.1, -0.05) is 32.3 Å². The number of ether oxygens (including phenoxy) is 1. The number of carbonyl (C=O) groups is 5. The summed E-state index contributed by atoms with van der Waals surface area (Å²) in [6.07, 6.45) is 5.01. The molecule has 2 amide bonds. The topological polar surface area (TPSA) is 197 Å². The largest absolute Gasteiger partial charge is 0.504 e. The quantitative estimate of drug-likeness (QED) is 0.134. The lowest BCUT2D eigenvalue weighted by Gasteiger charge is -2.29. The third kappa shape index (κ3) is 12.1. The van der Waals surface area contributed by atoms with Gasteiger partial charge >= 0.3 is 11.9 Å². The zero-order valence-corrected chi connectivity index (χ0v) is 25.8. The Bertz CT molecular complexity index is 1120. The van der Waals surface area contributed by atoms with E-state index in [2.05, 4.69) is 12.2 Å². The number of unbranched alkanes of at least 4 members (excludes halogenated alkanes) is 2. The normalized spacial score (nSPS) is 16.7. The number of methoxy groups -OCH3 is 1. The van der Waals surface area contributed by atoms with Gasteiger partial charge in [0.05, 0.1) is 13.2 Å². The van der Waals surface area contributed by atoms with Crippen LogP contribution in [0.5, 0.6) is 11.5 Å². The molecule has 6 N–H and O–H groups in total. The van der Waals surface area contributed by atoms with E-state index in [9.17, 15) is 34.2 Å². The van der Waals surface area contributed by atoms with Crippen LogP contribution < -0.4 is 15.8 Å². The minimum Gasteiger partial charge on any atom is -0.504 e. The number of carboxylic acids is 2. The molecule has 2 rings (SSSR count). The number of nitrogens with two attached hydrogens (primary N) is 1. The second-order valence-corrected chi connectivity index (χ2v) is 12.2. The maximum Gasteiger partial charge on any atom is 0.326 e. The third-order valence-electron chi connectivity index (χ3n) is 7.46. The zero-order valence-electron chi connectivity index (χ0n) is 25.0. The van der Waals surface area contributed by atoms with Crippen molar-refractivity contribution in [1.82, 2.24) is 10.2 Å². The first kappa shape index (κ1) is 35.9. The highest BCUT2D eigenvalue weighted by Gasteiger charge is 2.38. The Morgan fingerprint density at radius 2 is 1.88 bits per heavy atom. The van der Waals surface area contributed by atoms with Gasteiger partial charge in [-0.3, -0.25) is 19.2 Å². The number of benzene rings is 1. The van der Waals surface area contributed by atoms with Crippen LogP contribution in [0.25, 0.3) is 0 Å². The average Bonchev–Trinajstić information content (AvgIpc) is 3.47. The van der Waals surface area contributed by atoms with E-state index in [0.29, 0.717) is 25.0 Å². The van der Waals surface area contributed by atoms with Crippen molar-refractivity contribution in [1.29, 1.82) is 0 Å². The molecule has 1 aliphatic rings. The van der Waals surface area contributed by atoms with Crippen molar-refractivity contribution in [2.24, 2.45) is 5.73 Å². The number of rotatable bonds is 20. The van der Waals surface area contributed by atoms with Crippen LogP contribution in [0.15, 0.2) is 18.2 Å². The second kappa shape index (κ2) is 18.4. The minimum atomic E-state index is -1.15. The highest BCUT2D eigenvalue weighted by Crippen LogP contribution is 2.28. The van der Waals surface area contributed by atoms with Gasteiger partial charge in [0.2, 0.25) is 11.8 Å². The number of aliphatic carboxylic acids is 2. The van der Waals surface area contributed by atoms with Gasteiger partial charge in [0.1, 0.15) is 17.9 Å². The lowest BCUT2D eigenvalue weighted by molar-refractivity contribution is -0.149. The predicted octanol–water partition coefficient (Wildman–Crippen LogP) is 2.73. The number of amides is 2. The van der Waals surface area contributed by atoms with Crippen LogP contribution in [-0.2, 0) is 30.4 Å². The fourth-order valence-electron chi connectivity index (χ4n) is 4.97. The molecular weight excluding hydrogens is 578 g/mol. The number of hydrogen-bond donors (Lipinski definition) is 5. The standard InChI is InChI=1S/C30H45N3O9S/c1-3-4-5-7-21(17-20(34)11-9-19-10-13-25(35)26(16-19)42-2)43-18-23(32-28(38)22(31)12-14-27(36)37)29(39)33-15-6-8-24(33)30(40)41/h10,13,16,21-24,35H,3-9,11-12,14-15,17-18,31H2,1-2H3,(H,32,38)(H,36,37)(H,40,41).